The zero-order valence-corrected chi connectivity index (χ0v) is 15.0. The minimum absolute atomic E-state index is 0.202. The highest BCUT2D eigenvalue weighted by Gasteiger charge is 2.17. The van der Waals surface area contributed by atoms with Gasteiger partial charge in [-0.25, -0.2) is 4.57 Å². The van der Waals surface area contributed by atoms with Crippen molar-refractivity contribution in [2.75, 3.05) is 0 Å². The third-order valence-corrected chi connectivity index (χ3v) is 4.62. The van der Waals surface area contributed by atoms with E-state index in [1.807, 2.05) is 36.4 Å². The molecule has 3 aromatic carbocycles. The molecule has 0 fully saturated rings. The maximum Gasteiger partial charge on any atom is 0.265 e. The summed E-state index contributed by atoms with van der Waals surface area (Å²) in [5, 5.41) is 12.4. The minimum atomic E-state index is -0.340. The van der Waals surface area contributed by atoms with Crippen molar-refractivity contribution in [3.05, 3.63) is 99.8 Å². The Hall–Kier alpha value is -3.37. The van der Waals surface area contributed by atoms with Gasteiger partial charge < -0.3 is 5.11 Å². The molecule has 0 saturated heterocycles. The second-order valence-corrected chi connectivity index (χ2v) is 6.38. The molecule has 5 heteroatoms. The number of para-hydroxylation sites is 2. The number of aliphatic imine (C=N–C) groups is 1. The van der Waals surface area contributed by atoms with Crippen LogP contribution in [-0.4, -0.2) is 15.9 Å². The van der Waals surface area contributed by atoms with Crippen LogP contribution in [0.1, 0.15) is 5.56 Å². The molecule has 27 heavy (non-hydrogen) atoms. The molecule has 0 spiro atoms. The minimum Gasteiger partial charge on any atom is -0.494 e. The normalized spacial score (nSPS) is 11.3. The van der Waals surface area contributed by atoms with Gasteiger partial charge in [0.15, 0.2) is 0 Å². The Labute approximate surface area is 160 Å². The molecular weight excluding hydrogens is 360 g/mol. The summed E-state index contributed by atoms with van der Waals surface area (Å²) in [6, 6.07) is 23.4. The second-order valence-electron chi connectivity index (χ2n) is 5.97. The number of rotatable bonds is 3. The Balaban J connectivity index is 2.02. The second kappa shape index (κ2) is 7.09. The Morgan fingerprint density at radius 2 is 1.48 bits per heavy atom. The van der Waals surface area contributed by atoms with Gasteiger partial charge in [-0.15, -0.1) is 0 Å². The third kappa shape index (κ3) is 3.11. The van der Waals surface area contributed by atoms with Gasteiger partial charge >= 0.3 is 0 Å². The fraction of sp³-hybridized carbons (Fsp3) is 0. The van der Waals surface area contributed by atoms with E-state index < -0.39 is 0 Å². The van der Waals surface area contributed by atoms with Crippen LogP contribution in [0, 0.1) is 0 Å². The summed E-state index contributed by atoms with van der Waals surface area (Å²) in [4.78, 5) is 17.5. The summed E-state index contributed by atoms with van der Waals surface area (Å²) in [5.74, 6) is -0.202. The van der Waals surface area contributed by atoms with E-state index in [4.69, 9.17) is 11.6 Å². The van der Waals surface area contributed by atoms with Gasteiger partial charge in [0.1, 0.15) is 0 Å². The van der Waals surface area contributed by atoms with Gasteiger partial charge in [-0.05, 0) is 30.3 Å². The Bertz CT molecular complexity index is 1210. The van der Waals surface area contributed by atoms with Crippen LogP contribution in [0.25, 0.3) is 16.5 Å². The van der Waals surface area contributed by atoms with E-state index in [0.717, 1.165) is 5.69 Å². The van der Waals surface area contributed by atoms with Crippen LogP contribution < -0.4 is 5.56 Å². The molecule has 0 amide bonds. The molecule has 1 aromatic heterocycles. The molecule has 4 aromatic rings. The number of nitrogens with zero attached hydrogens (tertiary/aromatic N) is 2. The maximum absolute atomic E-state index is 13.0. The average Bonchev–Trinajstić information content (AvgIpc) is 2.70. The molecule has 0 saturated carbocycles. The summed E-state index contributed by atoms with van der Waals surface area (Å²) in [6.07, 6.45) is 1.57. The van der Waals surface area contributed by atoms with Crippen molar-refractivity contribution < 1.29 is 5.11 Å². The van der Waals surface area contributed by atoms with Crippen LogP contribution in [0.5, 0.6) is 5.88 Å². The van der Waals surface area contributed by atoms with Crippen molar-refractivity contribution in [1.29, 1.82) is 0 Å². The van der Waals surface area contributed by atoms with Gasteiger partial charge in [-0.3, -0.25) is 9.79 Å². The van der Waals surface area contributed by atoms with Crippen molar-refractivity contribution >= 4 is 34.3 Å². The molecule has 0 unspecified atom stereocenters. The number of hydrogen-bond acceptors (Lipinski definition) is 3. The van der Waals surface area contributed by atoms with Crippen LogP contribution >= 0.6 is 11.6 Å². The summed E-state index contributed by atoms with van der Waals surface area (Å²) < 4.78 is 1.22. The molecular formula is C22H15ClN2O2. The summed E-state index contributed by atoms with van der Waals surface area (Å²) in [6.45, 7) is 0. The maximum atomic E-state index is 13.0. The first-order chi connectivity index (χ1) is 13.2. The van der Waals surface area contributed by atoms with Gasteiger partial charge in [0.2, 0.25) is 5.88 Å². The van der Waals surface area contributed by atoms with Gasteiger partial charge in [-0.2, -0.15) is 0 Å². The number of pyridine rings is 1. The Morgan fingerprint density at radius 1 is 0.852 bits per heavy atom. The first-order valence-electron chi connectivity index (χ1n) is 8.37. The van der Waals surface area contributed by atoms with Crippen LogP contribution in [-0.2, 0) is 0 Å². The van der Waals surface area contributed by atoms with Crippen molar-refractivity contribution in [3.8, 4) is 11.6 Å². The summed E-state index contributed by atoms with van der Waals surface area (Å²) >= 11 is 6.27. The number of fused-ring (bicyclic) bond motifs is 1. The lowest BCUT2D eigenvalue weighted by atomic mass is 10.1. The molecule has 1 heterocycles. The van der Waals surface area contributed by atoms with E-state index in [-0.39, 0.29) is 11.4 Å². The van der Waals surface area contributed by atoms with Crippen molar-refractivity contribution in [2.24, 2.45) is 4.99 Å². The average molecular weight is 375 g/mol. The van der Waals surface area contributed by atoms with Crippen LogP contribution in [0.2, 0.25) is 5.02 Å². The van der Waals surface area contributed by atoms with Crippen LogP contribution in [0.3, 0.4) is 0 Å². The highest BCUT2D eigenvalue weighted by Crippen LogP contribution is 2.29. The van der Waals surface area contributed by atoms with Crippen LogP contribution in [0.15, 0.2) is 88.6 Å². The lowest BCUT2D eigenvalue weighted by Gasteiger charge is -2.14. The largest absolute Gasteiger partial charge is 0.494 e. The van der Waals surface area contributed by atoms with Gasteiger partial charge in [0, 0.05) is 17.0 Å². The lowest BCUT2D eigenvalue weighted by Crippen LogP contribution is -2.20. The van der Waals surface area contributed by atoms with Gasteiger partial charge in [0.25, 0.3) is 5.56 Å². The SMILES string of the molecule is O=c1c2ccccc2c(C=Nc2ccccc2)c(O)n1-c1ccccc1Cl. The number of halogens is 1. The Morgan fingerprint density at radius 3 is 2.22 bits per heavy atom. The quantitative estimate of drug-likeness (QED) is 0.507. The molecule has 0 aliphatic carbocycles. The zero-order valence-electron chi connectivity index (χ0n) is 14.2. The molecule has 0 aliphatic rings. The molecule has 4 nitrogen and oxygen atoms in total. The van der Waals surface area contributed by atoms with Gasteiger partial charge in [0.05, 0.1) is 22.0 Å². The summed E-state index contributed by atoms with van der Waals surface area (Å²) in [5.41, 5.74) is 1.28. The number of hydrogen-bond donors (Lipinski definition) is 1. The smallest absolute Gasteiger partial charge is 0.265 e. The monoisotopic (exact) mass is 374 g/mol. The van der Waals surface area contributed by atoms with E-state index in [1.54, 1.807) is 48.7 Å². The first-order valence-corrected chi connectivity index (χ1v) is 8.75. The predicted octanol–water partition coefficient (Wildman–Crippen LogP) is 5.10. The van der Waals surface area contributed by atoms with Crippen molar-refractivity contribution in [2.45, 2.75) is 0 Å². The Kier molecular flexibility index (Phi) is 4.48. The van der Waals surface area contributed by atoms with Gasteiger partial charge in [-0.1, -0.05) is 60.1 Å². The van der Waals surface area contributed by atoms with E-state index in [0.29, 0.717) is 27.0 Å². The number of aromatic nitrogens is 1. The fourth-order valence-corrected chi connectivity index (χ4v) is 3.22. The van der Waals surface area contributed by atoms with Crippen molar-refractivity contribution in [3.63, 3.8) is 0 Å². The molecule has 1 N–H and O–H groups in total. The highest BCUT2D eigenvalue weighted by atomic mass is 35.5. The third-order valence-electron chi connectivity index (χ3n) is 4.30. The molecule has 0 atom stereocenters. The molecule has 0 bridgehead atoms. The fourth-order valence-electron chi connectivity index (χ4n) is 3.00. The predicted molar refractivity (Wildman–Crippen MR) is 110 cm³/mol. The van der Waals surface area contributed by atoms with E-state index in [9.17, 15) is 9.90 Å². The summed E-state index contributed by atoms with van der Waals surface area (Å²) in [7, 11) is 0. The standard InChI is InChI=1S/C22H15ClN2O2/c23-19-12-6-7-13-20(19)25-21(26)17-11-5-4-10-16(17)18(22(25)27)14-24-15-8-2-1-3-9-15/h1-14,27H. The molecule has 4 rings (SSSR count). The molecule has 132 valence electrons. The van der Waals surface area contributed by atoms with E-state index >= 15 is 0 Å². The molecule has 0 aliphatic heterocycles. The van der Waals surface area contributed by atoms with Crippen LogP contribution in [0.4, 0.5) is 5.69 Å². The van der Waals surface area contributed by atoms with E-state index in [1.165, 1.54) is 4.57 Å². The topological polar surface area (TPSA) is 54.6 Å². The molecule has 0 radical (unpaired) electrons. The highest BCUT2D eigenvalue weighted by molar-refractivity contribution is 6.32. The number of aromatic hydroxyl groups is 1. The first kappa shape index (κ1) is 17.1. The van der Waals surface area contributed by atoms with Crippen molar-refractivity contribution in [1.82, 2.24) is 4.57 Å². The zero-order chi connectivity index (χ0) is 18.8. The van der Waals surface area contributed by atoms with E-state index in [2.05, 4.69) is 4.99 Å². The lowest BCUT2D eigenvalue weighted by molar-refractivity contribution is 0.436. The number of benzene rings is 3.